The summed E-state index contributed by atoms with van der Waals surface area (Å²) in [5, 5.41) is 19.8. The number of unbranched alkanes of at least 4 members (excludes halogenated alkanes) is 3. The van der Waals surface area contributed by atoms with Gasteiger partial charge in [0.25, 0.3) is 0 Å². The summed E-state index contributed by atoms with van der Waals surface area (Å²) in [6.07, 6.45) is 7.86. The van der Waals surface area contributed by atoms with Gasteiger partial charge in [-0.1, -0.05) is 88.9 Å². The maximum absolute atomic E-state index is 10.4. The molecule has 2 aromatic carbocycles. The van der Waals surface area contributed by atoms with Crippen molar-refractivity contribution < 1.29 is 9.84 Å². The third-order valence-corrected chi connectivity index (χ3v) is 6.99. The highest BCUT2D eigenvalue weighted by molar-refractivity contribution is 5.43. The minimum atomic E-state index is -0.421. The molecule has 3 nitrogen and oxygen atoms in total. The van der Waals surface area contributed by atoms with E-state index in [1.807, 2.05) is 18.2 Å². The van der Waals surface area contributed by atoms with Crippen molar-refractivity contribution in [3.8, 4) is 11.8 Å². The summed E-state index contributed by atoms with van der Waals surface area (Å²) in [6, 6.07) is 19.3. The molecule has 0 aliphatic heterocycles. The van der Waals surface area contributed by atoms with Crippen molar-refractivity contribution in [2.45, 2.75) is 96.2 Å². The fourth-order valence-corrected chi connectivity index (χ4v) is 4.94. The number of rotatable bonds is 10. The Balaban J connectivity index is 1.85. The molecule has 1 aliphatic rings. The Morgan fingerprint density at radius 2 is 1.81 bits per heavy atom. The summed E-state index contributed by atoms with van der Waals surface area (Å²) in [4.78, 5) is 0. The van der Waals surface area contributed by atoms with E-state index in [9.17, 15) is 10.4 Å². The first-order valence-corrected chi connectivity index (χ1v) is 12.3. The van der Waals surface area contributed by atoms with Gasteiger partial charge in [-0.25, -0.2) is 0 Å². The second-order valence-electron chi connectivity index (χ2n) is 10.1. The summed E-state index contributed by atoms with van der Waals surface area (Å²) in [6.45, 7) is 7.42. The van der Waals surface area contributed by atoms with E-state index in [0.29, 0.717) is 19.4 Å². The fraction of sp³-hybridized carbons (Fsp3) is 0.552. The van der Waals surface area contributed by atoms with Crippen LogP contribution in [-0.2, 0) is 12.0 Å². The van der Waals surface area contributed by atoms with E-state index in [-0.39, 0.29) is 17.3 Å². The minimum absolute atomic E-state index is 0.0817. The maximum atomic E-state index is 10.4. The average Bonchev–Trinajstić information content (AvgIpc) is 2.80. The van der Waals surface area contributed by atoms with Crippen LogP contribution >= 0.6 is 0 Å². The Morgan fingerprint density at radius 1 is 1.03 bits per heavy atom. The molecule has 1 saturated carbocycles. The zero-order valence-corrected chi connectivity index (χ0v) is 20.0. The quantitative estimate of drug-likeness (QED) is 0.400. The van der Waals surface area contributed by atoms with Gasteiger partial charge in [0.1, 0.15) is 12.4 Å². The van der Waals surface area contributed by atoms with E-state index in [1.165, 1.54) is 31.2 Å². The molecule has 32 heavy (non-hydrogen) atoms. The van der Waals surface area contributed by atoms with Crippen LogP contribution in [0.15, 0.2) is 48.5 Å². The number of ether oxygens (including phenoxy) is 1. The summed E-state index contributed by atoms with van der Waals surface area (Å²) in [5.41, 5.74) is 3.65. The number of benzene rings is 2. The van der Waals surface area contributed by atoms with Gasteiger partial charge in [-0.3, -0.25) is 0 Å². The minimum Gasteiger partial charge on any atom is -0.489 e. The summed E-state index contributed by atoms with van der Waals surface area (Å²) in [7, 11) is 0. The van der Waals surface area contributed by atoms with E-state index in [4.69, 9.17) is 4.74 Å². The molecule has 1 aliphatic carbocycles. The van der Waals surface area contributed by atoms with Crippen molar-refractivity contribution in [2.75, 3.05) is 0 Å². The highest BCUT2D eigenvalue weighted by Crippen LogP contribution is 2.42. The SMILES string of the molecule is CCCCCCC(C)(C)c1ccc([C@H]2C[C@H](O)C[C@@H](C#N)C2)c(OCc2ccccc2)c1. The van der Waals surface area contributed by atoms with Crippen LogP contribution in [0.25, 0.3) is 0 Å². The normalized spacial score (nSPS) is 21.2. The Morgan fingerprint density at radius 3 is 2.53 bits per heavy atom. The molecule has 0 amide bonds. The molecule has 0 heterocycles. The van der Waals surface area contributed by atoms with Crippen LogP contribution in [0.2, 0.25) is 0 Å². The van der Waals surface area contributed by atoms with Gasteiger partial charge in [0.2, 0.25) is 0 Å². The number of nitrogens with zero attached hydrogens (tertiary/aromatic N) is 1. The Bertz CT molecular complexity index is 884. The van der Waals surface area contributed by atoms with Gasteiger partial charge in [0.15, 0.2) is 0 Å². The van der Waals surface area contributed by atoms with Gasteiger partial charge >= 0.3 is 0 Å². The average molecular weight is 434 g/mol. The van der Waals surface area contributed by atoms with Gasteiger partial charge in [-0.2, -0.15) is 5.26 Å². The Labute approximate surface area is 194 Å². The molecule has 2 aromatic rings. The largest absolute Gasteiger partial charge is 0.489 e. The molecule has 3 heteroatoms. The van der Waals surface area contributed by atoms with Crippen LogP contribution < -0.4 is 4.74 Å². The van der Waals surface area contributed by atoms with Crippen LogP contribution in [0.4, 0.5) is 0 Å². The first-order valence-electron chi connectivity index (χ1n) is 12.3. The standard InChI is InChI=1S/C29H39NO2/c1-4-5-6-10-15-29(2,3)25-13-14-27(24-16-23(20-30)17-26(31)18-24)28(19-25)32-21-22-11-8-7-9-12-22/h7-9,11-14,19,23-24,26,31H,4-6,10,15-18,21H2,1-3H3/t23-,24+,26+/m0/s1. The number of aliphatic hydroxyl groups is 1. The van der Waals surface area contributed by atoms with Gasteiger partial charge in [0, 0.05) is 5.92 Å². The summed E-state index contributed by atoms with van der Waals surface area (Å²) in [5.74, 6) is 0.958. The van der Waals surface area contributed by atoms with Crippen molar-refractivity contribution >= 4 is 0 Å². The summed E-state index contributed by atoms with van der Waals surface area (Å²) >= 11 is 0. The number of hydrogen-bond donors (Lipinski definition) is 1. The van der Waals surface area contributed by atoms with Gasteiger partial charge < -0.3 is 9.84 Å². The van der Waals surface area contributed by atoms with Gasteiger partial charge in [-0.15, -0.1) is 0 Å². The smallest absolute Gasteiger partial charge is 0.123 e. The molecule has 0 radical (unpaired) electrons. The molecule has 3 rings (SSSR count). The van der Waals surface area contributed by atoms with Crippen LogP contribution in [0, 0.1) is 17.2 Å². The van der Waals surface area contributed by atoms with E-state index in [0.717, 1.165) is 29.7 Å². The van der Waals surface area contributed by atoms with Crippen LogP contribution in [0.1, 0.15) is 94.7 Å². The third-order valence-electron chi connectivity index (χ3n) is 6.99. The van der Waals surface area contributed by atoms with Crippen molar-refractivity contribution in [3.05, 3.63) is 65.2 Å². The van der Waals surface area contributed by atoms with Crippen LogP contribution in [0.5, 0.6) is 5.75 Å². The third kappa shape index (κ3) is 6.59. The Hall–Kier alpha value is -2.31. The van der Waals surface area contributed by atoms with E-state index < -0.39 is 6.10 Å². The lowest BCUT2D eigenvalue weighted by Crippen LogP contribution is -2.25. The monoisotopic (exact) mass is 433 g/mol. The molecule has 172 valence electrons. The molecule has 0 aromatic heterocycles. The van der Waals surface area contributed by atoms with Crippen molar-refractivity contribution in [2.24, 2.45) is 5.92 Å². The number of nitriles is 1. The van der Waals surface area contributed by atoms with E-state index >= 15 is 0 Å². The van der Waals surface area contributed by atoms with E-state index in [2.05, 4.69) is 57.2 Å². The molecule has 1 N–H and O–H groups in total. The lowest BCUT2D eigenvalue weighted by atomic mass is 9.75. The lowest BCUT2D eigenvalue weighted by Gasteiger charge is -2.32. The molecule has 0 saturated heterocycles. The van der Waals surface area contributed by atoms with Crippen molar-refractivity contribution in [1.29, 1.82) is 5.26 Å². The van der Waals surface area contributed by atoms with Gasteiger partial charge in [0.05, 0.1) is 12.2 Å². The Kier molecular flexibility index (Phi) is 8.76. The fourth-order valence-electron chi connectivity index (χ4n) is 4.94. The number of hydrogen-bond acceptors (Lipinski definition) is 3. The zero-order chi connectivity index (χ0) is 23.0. The van der Waals surface area contributed by atoms with Gasteiger partial charge in [-0.05, 0) is 59.8 Å². The zero-order valence-electron chi connectivity index (χ0n) is 20.0. The second kappa shape index (κ2) is 11.5. The maximum Gasteiger partial charge on any atom is 0.123 e. The summed E-state index contributed by atoms with van der Waals surface area (Å²) < 4.78 is 6.39. The predicted octanol–water partition coefficient (Wildman–Crippen LogP) is 7.28. The molecule has 1 fully saturated rings. The lowest BCUT2D eigenvalue weighted by molar-refractivity contribution is 0.102. The first-order chi connectivity index (χ1) is 15.4. The van der Waals surface area contributed by atoms with E-state index in [1.54, 1.807) is 0 Å². The molecular formula is C29H39NO2. The van der Waals surface area contributed by atoms with Crippen molar-refractivity contribution in [3.63, 3.8) is 0 Å². The van der Waals surface area contributed by atoms with Crippen LogP contribution in [0.3, 0.4) is 0 Å². The predicted molar refractivity (Wildman–Crippen MR) is 131 cm³/mol. The first kappa shape index (κ1) is 24.3. The van der Waals surface area contributed by atoms with Crippen LogP contribution in [-0.4, -0.2) is 11.2 Å². The number of aliphatic hydroxyl groups excluding tert-OH is 1. The topological polar surface area (TPSA) is 53.2 Å². The molecule has 3 atom stereocenters. The molecule has 0 unspecified atom stereocenters. The highest BCUT2D eigenvalue weighted by atomic mass is 16.5. The molecular weight excluding hydrogens is 394 g/mol. The second-order valence-corrected chi connectivity index (χ2v) is 10.1. The molecule has 0 spiro atoms. The molecule has 0 bridgehead atoms. The highest BCUT2D eigenvalue weighted by Gasteiger charge is 2.31. The van der Waals surface area contributed by atoms with Crippen molar-refractivity contribution in [1.82, 2.24) is 0 Å².